The highest BCUT2D eigenvalue weighted by atomic mass is 16.1. The van der Waals surface area contributed by atoms with E-state index >= 15 is 0 Å². The van der Waals surface area contributed by atoms with Crippen LogP contribution in [0.25, 0.3) is 0 Å². The molecule has 1 aliphatic rings. The summed E-state index contributed by atoms with van der Waals surface area (Å²) in [6.07, 6.45) is 10.1. The van der Waals surface area contributed by atoms with Crippen molar-refractivity contribution >= 4 is 5.91 Å². The number of terminal acetylenes is 1. The largest absolute Gasteiger partial charge is 0.366 e. The van der Waals surface area contributed by atoms with Crippen molar-refractivity contribution in [2.75, 3.05) is 19.6 Å². The van der Waals surface area contributed by atoms with E-state index in [4.69, 9.17) is 12.2 Å². The quantitative estimate of drug-likeness (QED) is 0.833. The number of hydrogen-bond donors (Lipinski definition) is 1. The van der Waals surface area contributed by atoms with Gasteiger partial charge in [-0.3, -0.25) is 9.69 Å². The monoisotopic (exact) mass is 270 g/mol. The third-order valence-electron chi connectivity index (χ3n) is 4.10. The molecule has 0 bridgehead atoms. The van der Waals surface area contributed by atoms with Crippen molar-refractivity contribution in [3.8, 4) is 12.3 Å². The molecule has 1 aromatic carbocycles. The maximum atomic E-state index is 11.0. The molecule has 0 aromatic heterocycles. The molecule has 1 fully saturated rings. The Kier molecular flexibility index (Phi) is 5.20. The zero-order valence-corrected chi connectivity index (χ0v) is 11.8. The number of nitrogens with two attached hydrogens (primary N) is 1. The van der Waals surface area contributed by atoms with Crippen molar-refractivity contribution in [1.82, 2.24) is 4.90 Å². The molecule has 0 saturated carbocycles. The van der Waals surface area contributed by atoms with Crippen LogP contribution in [0.2, 0.25) is 0 Å². The number of amides is 1. The molecule has 2 N–H and O–H groups in total. The standard InChI is InChI=1S/C17H22N2O/c1-2-11-19-12-9-15(10-13-19)4-3-14-5-7-16(8-6-14)17(18)20/h1,5-8,15H,3-4,9-13H2,(H2,18,20). The Bertz CT molecular complexity index is 479. The lowest BCUT2D eigenvalue weighted by molar-refractivity contribution is 0.100. The number of primary amides is 1. The Balaban J connectivity index is 1.76. The average Bonchev–Trinajstić information content (AvgIpc) is 2.47. The Morgan fingerprint density at radius 2 is 1.95 bits per heavy atom. The SMILES string of the molecule is C#CCN1CCC(CCc2ccc(C(N)=O)cc2)CC1. The van der Waals surface area contributed by atoms with Gasteiger partial charge in [-0.25, -0.2) is 0 Å². The van der Waals surface area contributed by atoms with Crippen LogP contribution in [0.15, 0.2) is 24.3 Å². The van der Waals surface area contributed by atoms with Gasteiger partial charge in [-0.15, -0.1) is 6.42 Å². The fraction of sp³-hybridized carbons (Fsp3) is 0.471. The summed E-state index contributed by atoms with van der Waals surface area (Å²) < 4.78 is 0. The molecule has 3 heteroatoms. The van der Waals surface area contributed by atoms with E-state index in [-0.39, 0.29) is 5.91 Å². The molecule has 1 amide bonds. The second-order valence-corrected chi connectivity index (χ2v) is 5.52. The third kappa shape index (κ3) is 4.11. The van der Waals surface area contributed by atoms with Crippen molar-refractivity contribution in [3.05, 3.63) is 35.4 Å². The molecule has 2 rings (SSSR count). The Morgan fingerprint density at radius 1 is 1.30 bits per heavy atom. The van der Waals surface area contributed by atoms with E-state index in [1.54, 1.807) is 0 Å². The van der Waals surface area contributed by atoms with Gasteiger partial charge in [-0.2, -0.15) is 0 Å². The number of benzene rings is 1. The lowest BCUT2D eigenvalue weighted by atomic mass is 9.90. The van der Waals surface area contributed by atoms with Crippen LogP contribution < -0.4 is 5.73 Å². The van der Waals surface area contributed by atoms with Gasteiger partial charge >= 0.3 is 0 Å². The average molecular weight is 270 g/mol. The van der Waals surface area contributed by atoms with E-state index in [1.165, 1.54) is 24.8 Å². The first-order valence-electron chi connectivity index (χ1n) is 7.23. The zero-order chi connectivity index (χ0) is 14.4. The molecule has 1 saturated heterocycles. The number of carbonyl (C=O) groups is 1. The summed E-state index contributed by atoms with van der Waals surface area (Å²) in [5.41, 5.74) is 7.09. The lowest BCUT2D eigenvalue weighted by Gasteiger charge is -2.30. The van der Waals surface area contributed by atoms with Gasteiger partial charge in [0.05, 0.1) is 6.54 Å². The van der Waals surface area contributed by atoms with Gasteiger partial charge in [0.15, 0.2) is 0 Å². The molecule has 0 spiro atoms. The Hall–Kier alpha value is -1.79. The van der Waals surface area contributed by atoms with Crippen LogP contribution in [0, 0.1) is 18.3 Å². The predicted octanol–water partition coefficient (Wildman–Crippen LogP) is 2.06. The minimum atomic E-state index is -0.363. The number of hydrogen-bond acceptors (Lipinski definition) is 2. The maximum Gasteiger partial charge on any atom is 0.248 e. The highest BCUT2D eigenvalue weighted by molar-refractivity contribution is 5.92. The molecule has 0 unspecified atom stereocenters. The summed E-state index contributed by atoms with van der Waals surface area (Å²) in [5.74, 6) is 3.14. The highest BCUT2D eigenvalue weighted by Gasteiger charge is 2.18. The van der Waals surface area contributed by atoms with E-state index in [0.717, 1.165) is 32.0 Å². The Labute approximate surface area is 121 Å². The van der Waals surface area contributed by atoms with Gasteiger partial charge in [0.1, 0.15) is 0 Å². The number of piperidine rings is 1. The fourth-order valence-corrected chi connectivity index (χ4v) is 2.77. The zero-order valence-electron chi connectivity index (χ0n) is 11.8. The number of likely N-dealkylation sites (tertiary alicyclic amines) is 1. The predicted molar refractivity (Wildman–Crippen MR) is 81.3 cm³/mol. The topological polar surface area (TPSA) is 46.3 Å². The molecule has 1 aromatic rings. The lowest BCUT2D eigenvalue weighted by Crippen LogP contribution is -2.34. The van der Waals surface area contributed by atoms with Crippen LogP contribution in [-0.4, -0.2) is 30.4 Å². The highest BCUT2D eigenvalue weighted by Crippen LogP contribution is 2.22. The number of nitrogens with zero attached hydrogens (tertiary/aromatic N) is 1. The summed E-state index contributed by atoms with van der Waals surface area (Å²) >= 11 is 0. The van der Waals surface area contributed by atoms with Gasteiger partial charge in [-0.05, 0) is 62.4 Å². The molecular weight excluding hydrogens is 248 g/mol. The first-order valence-corrected chi connectivity index (χ1v) is 7.23. The van der Waals surface area contributed by atoms with Gasteiger partial charge in [-0.1, -0.05) is 18.1 Å². The molecule has 0 atom stereocenters. The first-order chi connectivity index (χ1) is 9.69. The summed E-state index contributed by atoms with van der Waals surface area (Å²) in [6.45, 7) is 3.02. The van der Waals surface area contributed by atoms with E-state index in [0.29, 0.717) is 5.56 Å². The summed E-state index contributed by atoms with van der Waals surface area (Å²) in [5, 5.41) is 0. The van der Waals surface area contributed by atoms with E-state index < -0.39 is 0 Å². The first kappa shape index (κ1) is 14.6. The molecule has 1 heterocycles. The van der Waals surface area contributed by atoms with Gasteiger partial charge < -0.3 is 5.73 Å². The summed E-state index contributed by atoms with van der Waals surface area (Å²) in [6, 6.07) is 7.64. The summed E-state index contributed by atoms with van der Waals surface area (Å²) in [7, 11) is 0. The van der Waals surface area contributed by atoms with Crippen LogP contribution in [0.1, 0.15) is 35.2 Å². The van der Waals surface area contributed by atoms with Crippen LogP contribution in [0.4, 0.5) is 0 Å². The van der Waals surface area contributed by atoms with Gasteiger partial charge in [0.25, 0.3) is 0 Å². The van der Waals surface area contributed by atoms with Crippen LogP contribution in [0.5, 0.6) is 0 Å². The van der Waals surface area contributed by atoms with Gasteiger partial charge in [0, 0.05) is 5.56 Å². The Morgan fingerprint density at radius 3 is 2.50 bits per heavy atom. The molecular formula is C17H22N2O. The summed E-state index contributed by atoms with van der Waals surface area (Å²) in [4.78, 5) is 13.4. The smallest absolute Gasteiger partial charge is 0.248 e. The van der Waals surface area contributed by atoms with Crippen LogP contribution in [-0.2, 0) is 6.42 Å². The van der Waals surface area contributed by atoms with Crippen LogP contribution >= 0.6 is 0 Å². The fourth-order valence-electron chi connectivity index (χ4n) is 2.77. The maximum absolute atomic E-state index is 11.0. The van der Waals surface area contributed by atoms with Gasteiger partial charge in [0.2, 0.25) is 5.91 Å². The second kappa shape index (κ2) is 7.12. The van der Waals surface area contributed by atoms with Crippen molar-refractivity contribution in [2.24, 2.45) is 11.7 Å². The molecule has 20 heavy (non-hydrogen) atoms. The molecule has 3 nitrogen and oxygen atoms in total. The minimum absolute atomic E-state index is 0.363. The number of aryl methyl sites for hydroxylation is 1. The molecule has 0 aliphatic carbocycles. The molecule has 0 radical (unpaired) electrons. The minimum Gasteiger partial charge on any atom is -0.366 e. The third-order valence-corrected chi connectivity index (χ3v) is 4.10. The van der Waals surface area contributed by atoms with E-state index in [1.807, 2.05) is 24.3 Å². The van der Waals surface area contributed by atoms with Crippen molar-refractivity contribution in [2.45, 2.75) is 25.7 Å². The normalized spacial score (nSPS) is 16.8. The number of carbonyl (C=O) groups excluding carboxylic acids is 1. The molecule has 1 aliphatic heterocycles. The van der Waals surface area contributed by atoms with Crippen LogP contribution in [0.3, 0.4) is 0 Å². The van der Waals surface area contributed by atoms with Crippen molar-refractivity contribution < 1.29 is 4.79 Å². The van der Waals surface area contributed by atoms with Crippen molar-refractivity contribution in [1.29, 1.82) is 0 Å². The van der Waals surface area contributed by atoms with E-state index in [2.05, 4.69) is 10.8 Å². The second-order valence-electron chi connectivity index (χ2n) is 5.52. The molecule has 106 valence electrons. The van der Waals surface area contributed by atoms with Crippen molar-refractivity contribution in [3.63, 3.8) is 0 Å². The number of rotatable bonds is 5. The van der Waals surface area contributed by atoms with E-state index in [9.17, 15) is 4.79 Å².